The van der Waals surface area contributed by atoms with Crippen LogP contribution < -0.4 is 0 Å². The van der Waals surface area contributed by atoms with Gasteiger partial charge in [0.15, 0.2) is 0 Å². The molecule has 0 unspecified atom stereocenters. The van der Waals surface area contributed by atoms with Gasteiger partial charge in [0.05, 0.1) is 12.8 Å². The Balaban J connectivity index is 1.66. The van der Waals surface area contributed by atoms with E-state index in [2.05, 4.69) is 19.7 Å². The fourth-order valence-electron chi connectivity index (χ4n) is 3.34. The maximum Gasteiger partial charge on any atom is 0.211 e. The summed E-state index contributed by atoms with van der Waals surface area (Å²) in [5.74, 6) is 2.11. The second-order valence-electron chi connectivity index (χ2n) is 6.10. The topological polar surface area (TPSA) is 71.3 Å². The van der Waals surface area contributed by atoms with Crippen molar-refractivity contribution in [2.75, 3.05) is 25.9 Å². The predicted octanol–water partition coefficient (Wildman–Crippen LogP) is 0.0801. The highest BCUT2D eigenvalue weighted by molar-refractivity contribution is 7.88. The molecule has 1 aromatic heterocycles. The first-order valence-corrected chi connectivity index (χ1v) is 9.40. The summed E-state index contributed by atoms with van der Waals surface area (Å²) in [6.45, 7) is 5.79. The van der Waals surface area contributed by atoms with Crippen molar-refractivity contribution in [2.45, 2.75) is 45.3 Å². The van der Waals surface area contributed by atoms with Gasteiger partial charge < -0.3 is 4.57 Å². The zero-order valence-electron chi connectivity index (χ0n) is 12.7. The summed E-state index contributed by atoms with van der Waals surface area (Å²) in [6.07, 6.45) is 4.69. The van der Waals surface area contributed by atoms with Gasteiger partial charge in [-0.05, 0) is 19.8 Å². The van der Waals surface area contributed by atoms with Crippen LogP contribution in [0.2, 0.25) is 0 Å². The van der Waals surface area contributed by atoms with Gasteiger partial charge >= 0.3 is 0 Å². The fourth-order valence-corrected chi connectivity index (χ4v) is 4.47. The molecule has 8 heteroatoms. The Morgan fingerprint density at radius 3 is 2.71 bits per heavy atom. The van der Waals surface area contributed by atoms with Crippen LogP contribution in [0.15, 0.2) is 0 Å². The number of fused-ring (bicyclic) bond motifs is 1. The molecule has 1 fully saturated rings. The molecule has 0 bridgehead atoms. The molecular formula is C13H23N5O2S. The monoisotopic (exact) mass is 313 g/mol. The molecule has 3 rings (SSSR count). The minimum absolute atomic E-state index is 0.0116. The smallest absolute Gasteiger partial charge is 0.211 e. The summed E-state index contributed by atoms with van der Waals surface area (Å²) in [5.41, 5.74) is 0. The summed E-state index contributed by atoms with van der Waals surface area (Å²) in [5, 5.41) is 8.60. The number of rotatable bonds is 3. The Morgan fingerprint density at radius 1 is 1.19 bits per heavy atom. The molecule has 0 N–H and O–H groups in total. The van der Waals surface area contributed by atoms with Crippen LogP contribution in [0.1, 0.15) is 31.4 Å². The number of hydrogen-bond donors (Lipinski definition) is 0. The Kier molecular flexibility index (Phi) is 4.02. The zero-order chi connectivity index (χ0) is 15.0. The highest BCUT2D eigenvalue weighted by atomic mass is 32.2. The van der Waals surface area contributed by atoms with Crippen LogP contribution in [0.3, 0.4) is 0 Å². The van der Waals surface area contributed by atoms with Crippen molar-refractivity contribution < 1.29 is 8.42 Å². The lowest BCUT2D eigenvalue weighted by atomic mass is 10.1. The zero-order valence-corrected chi connectivity index (χ0v) is 13.5. The van der Waals surface area contributed by atoms with Crippen LogP contribution in [0.25, 0.3) is 0 Å². The van der Waals surface area contributed by atoms with Crippen molar-refractivity contribution >= 4 is 10.0 Å². The number of sulfonamides is 1. The molecule has 21 heavy (non-hydrogen) atoms. The summed E-state index contributed by atoms with van der Waals surface area (Å²) in [4.78, 5) is 2.28. The molecule has 0 radical (unpaired) electrons. The molecule has 0 aliphatic carbocycles. The van der Waals surface area contributed by atoms with Crippen LogP contribution in [0, 0.1) is 0 Å². The van der Waals surface area contributed by atoms with E-state index >= 15 is 0 Å². The predicted molar refractivity (Wildman–Crippen MR) is 79.2 cm³/mol. The summed E-state index contributed by atoms with van der Waals surface area (Å²) < 4.78 is 27.2. The highest BCUT2D eigenvalue weighted by Gasteiger charge is 2.30. The Hall–Kier alpha value is -0.990. The lowest BCUT2D eigenvalue weighted by molar-refractivity contribution is 0.134. The normalized spacial score (nSPS) is 25.0. The average Bonchev–Trinajstić information content (AvgIpc) is 2.81. The molecule has 0 spiro atoms. The molecule has 2 aliphatic rings. The van der Waals surface area contributed by atoms with E-state index in [0.29, 0.717) is 6.54 Å². The number of aryl methyl sites for hydroxylation is 1. The molecule has 0 amide bonds. The van der Waals surface area contributed by atoms with Crippen LogP contribution in [-0.2, 0) is 29.5 Å². The molecule has 7 nitrogen and oxygen atoms in total. The van der Waals surface area contributed by atoms with Crippen LogP contribution in [0.5, 0.6) is 0 Å². The molecule has 1 aromatic rings. The first-order chi connectivity index (χ1) is 9.95. The lowest BCUT2D eigenvalue weighted by Crippen LogP contribution is -2.53. The second-order valence-corrected chi connectivity index (χ2v) is 8.03. The van der Waals surface area contributed by atoms with Crippen molar-refractivity contribution in [3.8, 4) is 0 Å². The minimum Gasteiger partial charge on any atom is -0.314 e. The molecule has 1 atom stereocenters. The van der Waals surface area contributed by atoms with Crippen LogP contribution in [-0.4, -0.2) is 64.3 Å². The maximum atomic E-state index is 11.7. The van der Waals surface area contributed by atoms with E-state index in [1.807, 2.05) is 6.92 Å². The third-order valence-corrected chi connectivity index (χ3v) is 5.77. The minimum atomic E-state index is -3.10. The van der Waals surface area contributed by atoms with E-state index in [1.54, 1.807) is 4.31 Å². The molecule has 3 heterocycles. The van der Waals surface area contributed by atoms with E-state index in [1.165, 1.54) is 19.1 Å². The largest absolute Gasteiger partial charge is 0.314 e. The van der Waals surface area contributed by atoms with Crippen LogP contribution in [0.4, 0.5) is 0 Å². The van der Waals surface area contributed by atoms with Gasteiger partial charge in [0.25, 0.3) is 0 Å². The second kappa shape index (κ2) is 5.66. The average molecular weight is 313 g/mol. The van der Waals surface area contributed by atoms with Crippen molar-refractivity contribution in [3.05, 3.63) is 11.6 Å². The number of aromatic nitrogens is 3. The molecular weight excluding hydrogens is 290 g/mol. The van der Waals surface area contributed by atoms with E-state index in [4.69, 9.17) is 0 Å². The molecule has 2 aliphatic heterocycles. The number of nitrogens with zero attached hydrogens (tertiary/aromatic N) is 5. The third-order valence-electron chi connectivity index (χ3n) is 4.38. The van der Waals surface area contributed by atoms with Crippen LogP contribution >= 0.6 is 0 Å². The van der Waals surface area contributed by atoms with Crippen molar-refractivity contribution in [1.82, 2.24) is 24.0 Å². The first-order valence-electron chi connectivity index (χ1n) is 7.55. The van der Waals surface area contributed by atoms with Gasteiger partial charge in [-0.2, -0.15) is 4.31 Å². The lowest BCUT2D eigenvalue weighted by Gasteiger charge is -2.38. The molecule has 118 valence electrons. The summed E-state index contributed by atoms with van der Waals surface area (Å²) in [7, 11) is -3.10. The quantitative estimate of drug-likeness (QED) is 0.790. The maximum absolute atomic E-state index is 11.7. The first kappa shape index (κ1) is 14.9. The SMILES string of the molecule is C[C@H]1CN(Cc2nnc3n2CCCC3)CCN1S(C)(=O)=O. The molecule has 0 saturated carbocycles. The molecule has 1 saturated heterocycles. The van der Waals surface area contributed by atoms with Gasteiger partial charge in [-0.3, -0.25) is 4.90 Å². The summed E-state index contributed by atoms with van der Waals surface area (Å²) >= 11 is 0. The summed E-state index contributed by atoms with van der Waals surface area (Å²) in [6, 6.07) is 0.0116. The Labute approximate surface area is 126 Å². The van der Waals surface area contributed by atoms with E-state index in [0.717, 1.165) is 44.2 Å². The van der Waals surface area contributed by atoms with Gasteiger partial charge in [-0.25, -0.2) is 8.42 Å². The number of piperazine rings is 1. The van der Waals surface area contributed by atoms with Crippen molar-refractivity contribution in [2.24, 2.45) is 0 Å². The number of hydrogen-bond acceptors (Lipinski definition) is 5. The standard InChI is InChI=1S/C13H23N5O2S/c1-11-9-16(7-8-18(11)21(2,19)20)10-13-15-14-12-5-3-4-6-17(12)13/h11H,3-10H2,1-2H3/t11-/m0/s1. The van der Waals surface area contributed by atoms with Gasteiger partial charge in [0.1, 0.15) is 11.6 Å². The highest BCUT2D eigenvalue weighted by Crippen LogP contribution is 2.18. The van der Waals surface area contributed by atoms with E-state index < -0.39 is 10.0 Å². The van der Waals surface area contributed by atoms with E-state index in [-0.39, 0.29) is 6.04 Å². The van der Waals surface area contributed by atoms with Crippen molar-refractivity contribution in [3.63, 3.8) is 0 Å². The van der Waals surface area contributed by atoms with E-state index in [9.17, 15) is 8.42 Å². The Bertz CT molecular complexity index is 612. The molecule has 0 aromatic carbocycles. The Morgan fingerprint density at radius 2 is 2.00 bits per heavy atom. The van der Waals surface area contributed by atoms with Gasteiger partial charge in [-0.15, -0.1) is 10.2 Å². The van der Waals surface area contributed by atoms with Gasteiger partial charge in [0.2, 0.25) is 10.0 Å². The van der Waals surface area contributed by atoms with Crippen molar-refractivity contribution in [1.29, 1.82) is 0 Å². The van der Waals surface area contributed by atoms with Gasteiger partial charge in [0, 0.05) is 38.6 Å². The van der Waals surface area contributed by atoms with Gasteiger partial charge in [-0.1, -0.05) is 0 Å². The third kappa shape index (κ3) is 3.12. The fraction of sp³-hybridized carbons (Fsp3) is 0.846.